The summed E-state index contributed by atoms with van der Waals surface area (Å²) in [4.78, 5) is 2.45. The Bertz CT molecular complexity index is 179. The third-order valence-corrected chi connectivity index (χ3v) is 6.31. The molecular weight excluding hydrogens is 210 g/mol. The standard InChI is InChI=1S/C10H23NO3Si/c1-5-8-11-9-6-7-10(11)15(12-2,13-3)14-4/h10H,5-9H2,1-4H3. The molecule has 0 amide bonds. The fourth-order valence-electron chi connectivity index (χ4n) is 2.44. The second-order valence-electron chi connectivity index (χ2n) is 3.91. The molecule has 0 aromatic rings. The minimum absolute atomic E-state index is 0.345. The molecule has 1 atom stereocenters. The summed E-state index contributed by atoms with van der Waals surface area (Å²) in [6.07, 6.45) is 3.51. The molecule has 0 spiro atoms. The molecule has 90 valence electrons. The van der Waals surface area contributed by atoms with Gasteiger partial charge in [0.2, 0.25) is 0 Å². The van der Waals surface area contributed by atoms with Gasteiger partial charge < -0.3 is 13.3 Å². The number of hydrogen-bond acceptors (Lipinski definition) is 4. The molecule has 1 saturated heterocycles. The summed E-state index contributed by atoms with van der Waals surface area (Å²) in [7, 11) is 2.63. The van der Waals surface area contributed by atoms with Crippen LogP contribution < -0.4 is 0 Å². The zero-order valence-electron chi connectivity index (χ0n) is 10.3. The van der Waals surface area contributed by atoms with Gasteiger partial charge in [-0.05, 0) is 32.4 Å². The van der Waals surface area contributed by atoms with Crippen LogP contribution in [0.25, 0.3) is 0 Å². The molecule has 0 aromatic heterocycles. The zero-order valence-corrected chi connectivity index (χ0v) is 11.3. The summed E-state index contributed by atoms with van der Waals surface area (Å²) in [5.74, 6) is 0. The topological polar surface area (TPSA) is 30.9 Å². The Balaban J connectivity index is 2.73. The van der Waals surface area contributed by atoms with E-state index in [1.807, 2.05) is 0 Å². The highest BCUT2D eigenvalue weighted by Gasteiger charge is 2.51. The van der Waals surface area contributed by atoms with Crippen molar-refractivity contribution in [3.8, 4) is 0 Å². The minimum atomic E-state index is -2.46. The molecule has 0 radical (unpaired) electrons. The molecule has 1 aliphatic rings. The second-order valence-corrected chi connectivity index (χ2v) is 7.01. The summed E-state index contributed by atoms with van der Waals surface area (Å²) in [5, 5.41) is 0. The lowest BCUT2D eigenvalue weighted by atomic mass is 10.4. The van der Waals surface area contributed by atoms with Crippen molar-refractivity contribution in [2.24, 2.45) is 0 Å². The highest BCUT2D eigenvalue weighted by atomic mass is 28.4. The summed E-state index contributed by atoms with van der Waals surface area (Å²) >= 11 is 0. The van der Waals surface area contributed by atoms with Crippen LogP contribution in [0.15, 0.2) is 0 Å². The van der Waals surface area contributed by atoms with Crippen molar-refractivity contribution in [2.75, 3.05) is 34.4 Å². The molecule has 1 fully saturated rings. The van der Waals surface area contributed by atoms with Crippen molar-refractivity contribution < 1.29 is 13.3 Å². The van der Waals surface area contributed by atoms with Gasteiger partial charge in [0.15, 0.2) is 0 Å². The smallest absolute Gasteiger partial charge is 0.376 e. The first kappa shape index (κ1) is 13.1. The van der Waals surface area contributed by atoms with Crippen LogP contribution in [-0.4, -0.2) is 53.8 Å². The van der Waals surface area contributed by atoms with Crippen molar-refractivity contribution >= 4 is 8.80 Å². The molecule has 0 bridgehead atoms. The Morgan fingerprint density at radius 1 is 1.20 bits per heavy atom. The molecule has 4 nitrogen and oxygen atoms in total. The van der Waals surface area contributed by atoms with Gasteiger partial charge in [-0.25, -0.2) is 0 Å². The van der Waals surface area contributed by atoms with Crippen molar-refractivity contribution in [2.45, 2.75) is 31.9 Å². The van der Waals surface area contributed by atoms with Crippen LogP contribution in [0.4, 0.5) is 0 Å². The Morgan fingerprint density at radius 3 is 2.27 bits per heavy atom. The number of hydrogen-bond donors (Lipinski definition) is 0. The van der Waals surface area contributed by atoms with Gasteiger partial charge in [-0.15, -0.1) is 0 Å². The zero-order chi connectivity index (χ0) is 11.3. The van der Waals surface area contributed by atoms with E-state index in [4.69, 9.17) is 13.3 Å². The Hall–Kier alpha value is 0.0569. The quantitative estimate of drug-likeness (QED) is 0.647. The first-order valence-electron chi connectivity index (χ1n) is 5.63. The van der Waals surface area contributed by atoms with Gasteiger partial charge in [0.1, 0.15) is 0 Å². The maximum atomic E-state index is 5.55. The van der Waals surface area contributed by atoms with Gasteiger partial charge in [0.05, 0.1) is 5.67 Å². The van der Waals surface area contributed by atoms with E-state index in [1.54, 1.807) is 21.3 Å². The molecule has 0 saturated carbocycles. The Labute approximate surface area is 93.9 Å². The summed E-state index contributed by atoms with van der Waals surface area (Å²) < 4.78 is 16.6. The van der Waals surface area contributed by atoms with E-state index in [0.29, 0.717) is 5.67 Å². The Morgan fingerprint density at radius 2 is 1.80 bits per heavy atom. The van der Waals surface area contributed by atoms with Crippen LogP contribution >= 0.6 is 0 Å². The average molecular weight is 233 g/mol. The molecule has 1 unspecified atom stereocenters. The van der Waals surface area contributed by atoms with Crippen LogP contribution in [0.1, 0.15) is 26.2 Å². The SMILES string of the molecule is CCCN1CCCC1[Si](OC)(OC)OC. The number of likely N-dealkylation sites (tertiary alicyclic amines) is 1. The maximum Gasteiger partial charge on any atom is 0.518 e. The molecule has 1 heterocycles. The van der Waals surface area contributed by atoms with Gasteiger partial charge in [0.25, 0.3) is 0 Å². The lowest BCUT2D eigenvalue weighted by molar-refractivity contribution is 0.0858. The van der Waals surface area contributed by atoms with Crippen molar-refractivity contribution in [3.63, 3.8) is 0 Å². The van der Waals surface area contributed by atoms with E-state index < -0.39 is 8.80 Å². The average Bonchev–Trinajstić information content (AvgIpc) is 2.71. The van der Waals surface area contributed by atoms with E-state index in [9.17, 15) is 0 Å². The van der Waals surface area contributed by atoms with Gasteiger partial charge in [-0.1, -0.05) is 6.92 Å². The molecule has 0 aliphatic carbocycles. The van der Waals surface area contributed by atoms with Gasteiger partial charge >= 0.3 is 8.80 Å². The van der Waals surface area contributed by atoms with E-state index >= 15 is 0 Å². The van der Waals surface area contributed by atoms with Crippen LogP contribution in [0.2, 0.25) is 0 Å². The molecular formula is C10H23NO3Si. The second kappa shape index (κ2) is 5.96. The van der Waals surface area contributed by atoms with Gasteiger partial charge in [0, 0.05) is 21.3 Å². The van der Waals surface area contributed by atoms with E-state index in [0.717, 1.165) is 25.9 Å². The predicted molar refractivity (Wildman–Crippen MR) is 61.7 cm³/mol. The molecule has 0 N–H and O–H groups in total. The van der Waals surface area contributed by atoms with Crippen LogP contribution in [0.5, 0.6) is 0 Å². The normalized spacial score (nSPS) is 23.6. The maximum absolute atomic E-state index is 5.55. The van der Waals surface area contributed by atoms with E-state index in [1.165, 1.54) is 6.42 Å². The highest BCUT2D eigenvalue weighted by molar-refractivity contribution is 6.62. The third kappa shape index (κ3) is 2.60. The van der Waals surface area contributed by atoms with Gasteiger partial charge in [-0.2, -0.15) is 0 Å². The first-order chi connectivity index (χ1) is 7.24. The molecule has 1 aliphatic heterocycles. The van der Waals surface area contributed by atoms with Gasteiger partial charge in [-0.3, -0.25) is 4.90 Å². The van der Waals surface area contributed by atoms with Crippen molar-refractivity contribution in [3.05, 3.63) is 0 Å². The van der Waals surface area contributed by atoms with Crippen LogP contribution in [0, 0.1) is 0 Å². The highest BCUT2D eigenvalue weighted by Crippen LogP contribution is 2.27. The summed E-state index contributed by atoms with van der Waals surface area (Å²) in [6.45, 7) is 4.45. The molecule has 1 rings (SSSR count). The minimum Gasteiger partial charge on any atom is -0.376 e. The number of nitrogens with zero attached hydrogens (tertiary/aromatic N) is 1. The van der Waals surface area contributed by atoms with Crippen molar-refractivity contribution in [1.29, 1.82) is 0 Å². The lowest BCUT2D eigenvalue weighted by Crippen LogP contribution is -2.59. The van der Waals surface area contributed by atoms with E-state index in [2.05, 4.69) is 11.8 Å². The Kier molecular flexibility index (Phi) is 5.21. The number of rotatable bonds is 6. The van der Waals surface area contributed by atoms with Crippen LogP contribution in [0.3, 0.4) is 0 Å². The summed E-state index contributed by atoms with van der Waals surface area (Å²) in [6, 6.07) is 0. The van der Waals surface area contributed by atoms with Crippen molar-refractivity contribution in [1.82, 2.24) is 4.90 Å². The largest absolute Gasteiger partial charge is 0.518 e. The lowest BCUT2D eigenvalue weighted by Gasteiger charge is -2.35. The summed E-state index contributed by atoms with van der Waals surface area (Å²) in [5.41, 5.74) is 0.345. The third-order valence-electron chi connectivity index (χ3n) is 3.14. The fraction of sp³-hybridized carbons (Fsp3) is 1.00. The predicted octanol–water partition coefficient (Wildman–Crippen LogP) is 1.28. The van der Waals surface area contributed by atoms with E-state index in [-0.39, 0.29) is 0 Å². The van der Waals surface area contributed by atoms with Crippen LogP contribution in [-0.2, 0) is 13.3 Å². The molecule has 15 heavy (non-hydrogen) atoms. The monoisotopic (exact) mass is 233 g/mol. The first-order valence-corrected chi connectivity index (χ1v) is 7.43. The molecule has 0 aromatic carbocycles. The fourth-order valence-corrected chi connectivity index (χ4v) is 5.02. The molecule has 5 heteroatoms.